The van der Waals surface area contributed by atoms with E-state index in [4.69, 9.17) is 9.47 Å². The minimum atomic E-state index is -1.65. The number of carbonyl (C=O) groups excluding carboxylic acids is 2. The molecule has 3 aliphatic heterocycles. The highest BCUT2D eigenvalue weighted by atomic mass is 16.8. The predicted molar refractivity (Wildman–Crippen MR) is 82.9 cm³/mol. The molecule has 3 saturated heterocycles. The minimum Gasteiger partial charge on any atom is -0.362 e. The van der Waals surface area contributed by atoms with E-state index in [-0.39, 0.29) is 37.0 Å². The van der Waals surface area contributed by atoms with E-state index in [2.05, 4.69) is 0 Å². The summed E-state index contributed by atoms with van der Waals surface area (Å²) < 4.78 is 12.2. The molecule has 2 saturated carbocycles. The summed E-state index contributed by atoms with van der Waals surface area (Å²) in [6.07, 6.45) is 0.855. The lowest BCUT2D eigenvalue weighted by Crippen LogP contribution is -2.68. The first kappa shape index (κ1) is 16.0. The van der Waals surface area contributed by atoms with Gasteiger partial charge >= 0.3 is 0 Å². The summed E-state index contributed by atoms with van der Waals surface area (Å²) in [5.74, 6) is -3.50. The van der Waals surface area contributed by atoms with Crippen LogP contribution in [0.15, 0.2) is 0 Å². The summed E-state index contributed by atoms with van der Waals surface area (Å²) in [5.41, 5.74) is -2.77. The summed E-state index contributed by atoms with van der Waals surface area (Å²) >= 11 is 0. The van der Waals surface area contributed by atoms with Crippen molar-refractivity contribution < 1.29 is 29.3 Å². The van der Waals surface area contributed by atoms with Crippen LogP contribution in [0.4, 0.5) is 0 Å². The number of piperidine rings is 2. The van der Waals surface area contributed by atoms with Crippen molar-refractivity contribution in [3.63, 3.8) is 0 Å². The van der Waals surface area contributed by atoms with Crippen molar-refractivity contribution in [2.24, 2.45) is 5.41 Å². The van der Waals surface area contributed by atoms with Gasteiger partial charge in [0.2, 0.25) is 23.4 Å². The van der Waals surface area contributed by atoms with Crippen molar-refractivity contribution in [3.8, 4) is 0 Å². The van der Waals surface area contributed by atoms with Crippen molar-refractivity contribution in [1.82, 2.24) is 9.80 Å². The Balaban J connectivity index is 1.49. The molecule has 3 heterocycles. The van der Waals surface area contributed by atoms with Crippen LogP contribution in [-0.2, 0) is 19.1 Å². The second-order valence-corrected chi connectivity index (χ2v) is 9.32. The number of β-amino-alcohol motifs (C(OH)–C–C–N with tert-alkyl or cyclic N) is 2. The SMILES string of the molecule is CC(=O)N1CC2(O)OC34CC3N(C(=O)C(C)(C)C)CC4(O)OC23CC13. The van der Waals surface area contributed by atoms with Crippen molar-refractivity contribution >= 4 is 11.8 Å². The molecule has 138 valence electrons. The summed E-state index contributed by atoms with van der Waals surface area (Å²) in [6.45, 7) is 7.01. The van der Waals surface area contributed by atoms with E-state index >= 15 is 0 Å². The lowest BCUT2D eigenvalue weighted by molar-refractivity contribution is -0.428. The summed E-state index contributed by atoms with van der Waals surface area (Å²) in [5, 5.41) is 22.3. The number of ether oxygens (including phenoxy) is 2. The van der Waals surface area contributed by atoms with Crippen LogP contribution in [0.3, 0.4) is 0 Å². The number of likely N-dealkylation sites (tertiary alicyclic amines) is 2. The van der Waals surface area contributed by atoms with Gasteiger partial charge in [-0.25, -0.2) is 0 Å². The van der Waals surface area contributed by atoms with Crippen LogP contribution < -0.4 is 0 Å². The second-order valence-electron chi connectivity index (χ2n) is 9.32. The third-order valence-electron chi connectivity index (χ3n) is 6.60. The highest BCUT2D eigenvalue weighted by molar-refractivity contribution is 5.83. The summed E-state index contributed by atoms with van der Waals surface area (Å²) in [6, 6.07) is -0.602. The van der Waals surface area contributed by atoms with Gasteiger partial charge in [-0.05, 0) is 0 Å². The van der Waals surface area contributed by atoms with Crippen LogP contribution in [0.5, 0.6) is 0 Å². The maximum absolute atomic E-state index is 12.7. The van der Waals surface area contributed by atoms with Crippen molar-refractivity contribution in [2.75, 3.05) is 13.1 Å². The topological polar surface area (TPSA) is 99.5 Å². The molecule has 6 unspecified atom stereocenters. The van der Waals surface area contributed by atoms with Gasteiger partial charge in [-0.3, -0.25) is 9.59 Å². The Bertz CT molecular complexity index is 714. The molecule has 8 heteroatoms. The molecule has 6 atom stereocenters. The van der Waals surface area contributed by atoms with Gasteiger partial charge in [-0.2, -0.15) is 0 Å². The zero-order valence-corrected chi connectivity index (χ0v) is 14.9. The van der Waals surface area contributed by atoms with E-state index in [1.54, 1.807) is 9.80 Å². The molecule has 5 aliphatic rings. The number of aliphatic hydroxyl groups is 2. The smallest absolute Gasteiger partial charge is 0.228 e. The van der Waals surface area contributed by atoms with E-state index in [0.29, 0.717) is 12.8 Å². The fourth-order valence-corrected chi connectivity index (χ4v) is 5.16. The Morgan fingerprint density at radius 1 is 0.960 bits per heavy atom. The predicted octanol–water partition coefficient (Wildman–Crippen LogP) is -0.817. The summed E-state index contributed by atoms with van der Waals surface area (Å²) in [4.78, 5) is 27.7. The fourth-order valence-electron chi connectivity index (χ4n) is 5.16. The molecule has 2 aliphatic carbocycles. The molecule has 2 amide bonds. The molecular formula is C17H24N2O6. The first-order valence-corrected chi connectivity index (χ1v) is 8.83. The van der Waals surface area contributed by atoms with E-state index < -0.39 is 28.2 Å². The third-order valence-corrected chi connectivity index (χ3v) is 6.60. The Morgan fingerprint density at radius 3 is 1.84 bits per heavy atom. The van der Waals surface area contributed by atoms with Gasteiger partial charge in [0.05, 0.1) is 25.2 Å². The van der Waals surface area contributed by atoms with E-state index in [9.17, 15) is 19.8 Å². The zero-order valence-electron chi connectivity index (χ0n) is 14.9. The molecule has 0 aromatic carbocycles. The molecule has 8 nitrogen and oxygen atoms in total. The summed E-state index contributed by atoms with van der Waals surface area (Å²) in [7, 11) is 0. The average molecular weight is 352 g/mol. The Morgan fingerprint density at radius 2 is 1.40 bits per heavy atom. The van der Waals surface area contributed by atoms with Gasteiger partial charge in [0.15, 0.2) is 0 Å². The number of hydrogen-bond donors (Lipinski definition) is 2. The number of rotatable bonds is 0. The molecule has 5 rings (SSSR count). The van der Waals surface area contributed by atoms with Gasteiger partial charge < -0.3 is 29.5 Å². The average Bonchev–Trinajstić information content (AvgIpc) is 3.32. The molecule has 0 aromatic heterocycles. The van der Waals surface area contributed by atoms with Gasteiger partial charge in [0.25, 0.3) is 0 Å². The largest absolute Gasteiger partial charge is 0.362 e. The number of carbonyl (C=O) groups is 2. The third kappa shape index (κ3) is 1.58. The van der Waals surface area contributed by atoms with Crippen molar-refractivity contribution in [2.45, 2.75) is 75.4 Å². The monoisotopic (exact) mass is 352 g/mol. The molecule has 0 bridgehead atoms. The van der Waals surface area contributed by atoms with E-state index in [0.717, 1.165) is 0 Å². The molecule has 0 aromatic rings. The minimum absolute atomic E-state index is 0.0262. The first-order chi connectivity index (χ1) is 11.4. The second kappa shape index (κ2) is 3.88. The van der Waals surface area contributed by atoms with Crippen molar-refractivity contribution in [3.05, 3.63) is 0 Å². The maximum atomic E-state index is 12.7. The molecule has 0 radical (unpaired) electrons. The van der Waals surface area contributed by atoms with Crippen LogP contribution in [0, 0.1) is 5.41 Å². The van der Waals surface area contributed by atoms with E-state index in [1.165, 1.54) is 6.92 Å². The Kier molecular flexibility index (Phi) is 2.48. The van der Waals surface area contributed by atoms with Gasteiger partial charge in [-0.1, -0.05) is 20.8 Å². The Hall–Kier alpha value is -1.22. The standard InChI is InChI=1S/C17H24N2O6/c1-9(20)18-7-16(22)14(5-10(14)18)24-17(23)8-19(12(21)13(2,3)4)11-6-15(11,17)25-16/h10-11,22-23H,5-8H2,1-4H3. The molecule has 25 heavy (non-hydrogen) atoms. The molecule has 2 N–H and O–H groups in total. The number of nitrogens with zero attached hydrogens (tertiary/aromatic N) is 2. The van der Waals surface area contributed by atoms with Gasteiger partial charge in [0, 0.05) is 25.2 Å². The van der Waals surface area contributed by atoms with Gasteiger partial charge in [0.1, 0.15) is 11.2 Å². The molecular weight excluding hydrogens is 328 g/mol. The van der Waals surface area contributed by atoms with Crippen LogP contribution in [0.1, 0.15) is 40.5 Å². The van der Waals surface area contributed by atoms with Gasteiger partial charge in [-0.15, -0.1) is 0 Å². The van der Waals surface area contributed by atoms with Crippen LogP contribution >= 0.6 is 0 Å². The Labute approximate surface area is 145 Å². The highest BCUT2D eigenvalue weighted by Crippen LogP contribution is 2.71. The lowest BCUT2D eigenvalue weighted by Gasteiger charge is -2.48. The first-order valence-electron chi connectivity index (χ1n) is 8.83. The van der Waals surface area contributed by atoms with Crippen molar-refractivity contribution in [1.29, 1.82) is 0 Å². The maximum Gasteiger partial charge on any atom is 0.228 e. The van der Waals surface area contributed by atoms with Crippen LogP contribution in [0.2, 0.25) is 0 Å². The zero-order chi connectivity index (χ0) is 18.2. The quantitative estimate of drug-likeness (QED) is 0.591. The molecule has 2 spiro atoms. The van der Waals surface area contributed by atoms with E-state index in [1.807, 2.05) is 20.8 Å². The number of amides is 2. The van der Waals surface area contributed by atoms with Crippen LogP contribution in [-0.4, -0.2) is 79.8 Å². The highest BCUT2D eigenvalue weighted by Gasteiger charge is 2.91. The fraction of sp³-hybridized carbons (Fsp3) is 0.882. The van der Waals surface area contributed by atoms with Crippen LogP contribution in [0.25, 0.3) is 0 Å². The lowest BCUT2D eigenvalue weighted by atomic mass is 9.94. The number of hydrogen-bond acceptors (Lipinski definition) is 6. The molecule has 5 fully saturated rings. The normalized spacial score (nSPS) is 52.2.